The molecule has 2 aromatic carbocycles. The average Bonchev–Trinajstić information content (AvgIpc) is 3.04. The molecule has 270 valence electrons. The second-order valence-corrected chi connectivity index (χ2v) is 13.8. The summed E-state index contributed by atoms with van der Waals surface area (Å²) >= 11 is 0. The minimum Gasteiger partial charge on any atom is -0.510 e. The molecule has 2 N–H and O–H groups in total. The van der Waals surface area contributed by atoms with Gasteiger partial charge in [0.25, 0.3) is 0 Å². The third-order valence-corrected chi connectivity index (χ3v) is 9.00. The molecule has 3 rings (SSSR count). The van der Waals surface area contributed by atoms with Gasteiger partial charge in [-0.05, 0) is 103 Å². The van der Waals surface area contributed by atoms with Crippen LogP contribution in [0.3, 0.4) is 0 Å². The number of benzene rings is 2. The van der Waals surface area contributed by atoms with Crippen molar-refractivity contribution in [2.75, 3.05) is 34.5 Å². The van der Waals surface area contributed by atoms with Gasteiger partial charge in [-0.3, -0.25) is 4.79 Å². The second-order valence-electron chi connectivity index (χ2n) is 13.8. The largest absolute Gasteiger partial charge is 0.510 e. The summed E-state index contributed by atoms with van der Waals surface area (Å²) in [6.45, 7) is 15.0. The average molecular weight is 683 g/mol. The quantitative estimate of drug-likeness (QED) is 0.111. The monoisotopic (exact) mass is 682 g/mol. The van der Waals surface area contributed by atoms with Gasteiger partial charge in [0.15, 0.2) is 5.78 Å². The number of methoxy groups -OCH3 is 3. The van der Waals surface area contributed by atoms with Crippen LogP contribution in [-0.4, -0.2) is 67.7 Å². The van der Waals surface area contributed by atoms with Crippen molar-refractivity contribution in [1.29, 1.82) is 0 Å². The molecule has 1 aliphatic rings. The normalized spacial score (nSPS) is 15.0. The van der Waals surface area contributed by atoms with Gasteiger partial charge in [-0.15, -0.1) is 0 Å². The van der Waals surface area contributed by atoms with Gasteiger partial charge in [-0.1, -0.05) is 24.3 Å². The van der Waals surface area contributed by atoms with E-state index in [0.29, 0.717) is 47.6 Å². The van der Waals surface area contributed by atoms with Crippen LogP contribution in [0.1, 0.15) is 105 Å². The number of aliphatic hydroxyl groups is 1. The number of ether oxygens (including phenoxy) is 6. The molecule has 0 radical (unpaired) electrons. The molecule has 1 unspecified atom stereocenters. The number of carbonyl (C=O) groups excluding carboxylic acids is 1. The number of carbonyl (C=O) groups is 2. The predicted octanol–water partition coefficient (Wildman–Crippen LogP) is 8.07. The number of Topliss-reactive ketones (excluding diaryl/α,β-unsaturated/α-hetero) is 1. The highest BCUT2D eigenvalue weighted by Gasteiger charge is 2.35. The summed E-state index contributed by atoms with van der Waals surface area (Å²) in [7, 11) is 4.72. The van der Waals surface area contributed by atoms with E-state index in [-0.39, 0.29) is 30.2 Å². The molecule has 1 aliphatic heterocycles. The number of aliphatic carboxylic acids is 1. The van der Waals surface area contributed by atoms with Crippen molar-refractivity contribution in [1.82, 2.24) is 0 Å². The fourth-order valence-corrected chi connectivity index (χ4v) is 6.12. The lowest BCUT2D eigenvalue weighted by Crippen LogP contribution is -2.28. The van der Waals surface area contributed by atoms with E-state index >= 15 is 0 Å². The molecule has 0 saturated carbocycles. The Kier molecular flexibility index (Phi) is 13.7. The summed E-state index contributed by atoms with van der Waals surface area (Å²) in [5, 5.41) is 18.4. The molecule has 0 bridgehead atoms. The third kappa shape index (κ3) is 10.7. The number of ketones is 1. The molecular formula is C39H54O10. The summed E-state index contributed by atoms with van der Waals surface area (Å²) in [6, 6.07) is 5.63. The first kappa shape index (κ1) is 39.4. The van der Waals surface area contributed by atoms with Crippen molar-refractivity contribution in [2.24, 2.45) is 0 Å². The molecule has 1 atom stereocenters. The summed E-state index contributed by atoms with van der Waals surface area (Å²) in [5.41, 5.74) is 4.15. The number of aliphatic hydroxyl groups excluding tert-OH is 1. The van der Waals surface area contributed by atoms with Crippen LogP contribution < -0.4 is 18.9 Å². The van der Waals surface area contributed by atoms with Crippen LogP contribution in [0, 0.1) is 6.92 Å². The lowest BCUT2D eigenvalue weighted by atomic mass is 9.87. The predicted molar refractivity (Wildman–Crippen MR) is 189 cm³/mol. The molecule has 0 aromatic heterocycles. The summed E-state index contributed by atoms with van der Waals surface area (Å²) in [4.78, 5) is 24.9. The topological polar surface area (TPSA) is 130 Å². The Balaban J connectivity index is 1.88. The highest BCUT2D eigenvalue weighted by molar-refractivity contribution is 6.03. The third-order valence-electron chi connectivity index (χ3n) is 9.00. The van der Waals surface area contributed by atoms with Gasteiger partial charge in [0.1, 0.15) is 53.6 Å². The Morgan fingerprint density at radius 2 is 1.63 bits per heavy atom. The van der Waals surface area contributed by atoms with Crippen LogP contribution in [-0.2, 0) is 27.1 Å². The van der Waals surface area contributed by atoms with Gasteiger partial charge in [0.05, 0.1) is 39.0 Å². The number of hydrogen-bond acceptors (Lipinski definition) is 9. The van der Waals surface area contributed by atoms with E-state index in [1.807, 2.05) is 46.8 Å². The molecule has 10 nitrogen and oxygen atoms in total. The number of carboxylic acid groups (broad SMARTS) is 1. The zero-order valence-electron chi connectivity index (χ0n) is 30.6. The van der Waals surface area contributed by atoms with E-state index in [9.17, 15) is 14.7 Å². The van der Waals surface area contributed by atoms with Crippen LogP contribution in [0.2, 0.25) is 0 Å². The highest BCUT2D eigenvalue weighted by atomic mass is 16.5. The Morgan fingerprint density at radius 1 is 0.980 bits per heavy atom. The first-order chi connectivity index (χ1) is 23.0. The maximum absolute atomic E-state index is 13.9. The zero-order valence-corrected chi connectivity index (χ0v) is 30.6. The van der Waals surface area contributed by atoms with Crippen molar-refractivity contribution in [2.45, 2.75) is 104 Å². The van der Waals surface area contributed by atoms with Crippen molar-refractivity contribution < 1.29 is 48.2 Å². The lowest BCUT2D eigenvalue weighted by molar-refractivity contribution is -0.148. The Hall–Kier alpha value is -4.02. The molecule has 49 heavy (non-hydrogen) atoms. The first-order valence-corrected chi connectivity index (χ1v) is 16.7. The first-order valence-electron chi connectivity index (χ1n) is 16.7. The smallest absolute Gasteiger partial charge is 0.329 e. The molecule has 10 heteroatoms. The summed E-state index contributed by atoms with van der Waals surface area (Å²) < 4.78 is 35.2. The number of rotatable bonds is 19. The maximum atomic E-state index is 13.9. The van der Waals surface area contributed by atoms with E-state index < -0.39 is 24.3 Å². The molecule has 0 spiro atoms. The zero-order chi connectivity index (χ0) is 36.5. The molecule has 1 heterocycles. The van der Waals surface area contributed by atoms with Crippen LogP contribution >= 0.6 is 0 Å². The Morgan fingerprint density at radius 3 is 2.24 bits per heavy atom. The van der Waals surface area contributed by atoms with Gasteiger partial charge < -0.3 is 38.6 Å². The number of fused-ring (bicyclic) bond motifs is 1. The van der Waals surface area contributed by atoms with E-state index in [1.165, 1.54) is 12.7 Å². The highest BCUT2D eigenvalue weighted by Crippen LogP contribution is 2.47. The van der Waals surface area contributed by atoms with E-state index in [1.54, 1.807) is 20.3 Å². The molecule has 0 amide bonds. The van der Waals surface area contributed by atoms with Crippen molar-refractivity contribution >= 4 is 11.8 Å². The van der Waals surface area contributed by atoms with Gasteiger partial charge in [0.2, 0.25) is 0 Å². The van der Waals surface area contributed by atoms with E-state index in [2.05, 4.69) is 19.6 Å². The van der Waals surface area contributed by atoms with Gasteiger partial charge >= 0.3 is 5.97 Å². The standard InChI is InChI=1S/C39H54O10/c1-24(12-11-18-38(4,5)47-22-25(2)40)13-14-27-26(3)31(44-8)16-15-28(27)33-20-30(41)36-34(49-33)21-32(45-9)29(37(36)46-10)17-19-39(6,7)48-23-35(42)43/h13,15-16,21,33,40H,2,11-12,14,17-20,22-23H2,1,3-10H3,(H,42,43)/b24-13+. The minimum atomic E-state index is -1.04. The van der Waals surface area contributed by atoms with E-state index in [0.717, 1.165) is 41.7 Å². The number of hydrogen-bond donors (Lipinski definition) is 2. The van der Waals surface area contributed by atoms with Crippen molar-refractivity contribution in [3.8, 4) is 23.0 Å². The van der Waals surface area contributed by atoms with Gasteiger partial charge in [0, 0.05) is 11.6 Å². The van der Waals surface area contributed by atoms with E-state index in [4.69, 9.17) is 33.5 Å². The fraction of sp³-hybridized carbons (Fsp3) is 0.538. The molecule has 2 aromatic rings. The SMILES string of the molecule is C=C(O)COC(C)(C)CCC/C(C)=C/Cc1c(C2CC(=O)c3c(cc(OC)c(CCC(C)(C)OCC(=O)O)c3OC)O2)ccc(OC)c1C. The van der Waals surface area contributed by atoms with Gasteiger partial charge in [-0.2, -0.15) is 0 Å². The molecule has 0 fully saturated rings. The summed E-state index contributed by atoms with van der Waals surface area (Å²) in [6.07, 6.45) is 5.99. The van der Waals surface area contributed by atoms with Crippen LogP contribution in [0.4, 0.5) is 0 Å². The van der Waals surface area contributed by atoms with Crippen LogP contribution in [0.15, 0.2) is 42.2 Å². The van der Waals surface area contributed by atoms with Crippen molar-refractivity contribution in [3.05, 3.63) is 70.0 Å². The second kappa shape index (κ2) is 17.1. The Labute approximate surface area is 291 Å². The lowest BCUT2D eigenvalue weighted by Gasteiger charge is -2.31. The minimum absolute atomic E-state index is 0.0187. The van der Waals surface area contributed by atoms with Gasteiger partial charge in [-0.25, -0.2) is 4.79 Å². The fourth-order valence-electron chi connectivity index (χ4n) is 6.12. The number of allylic oxidation sites excluding steroid dienone is 2. The van der Waals surface area contributed by atoms with Crippen LogP contribution in [0.25, 0.3) is 0 Å². The summed E-state index contributed by atoms with van der Waals surface area (Å²) in [5.74, 6) is 0.938. The maximum Gasteiger partial charge on any atom is 0.329 e. The van der Waals surface area contributed by atoms with Crippen molar-refractivity contribution in [3.63, 3.8) is 0 Å². The molecule has 0 aliphatic carbocycles. The number of carboxylic acids is 1. The van der Waals surface area contributed by atoms with Crippen LogP contribution in [0.5, 0.6) is 23.0 Å². The molecule has 0 saturated heterocycles. The molecular weight excluding hydrogens is 628 g/mol. The Bertz CT molecular complexity index is 1530.